The normalized spacial score (nSPS) is 13.9. The zero-order valence-electron chi connectivity index (χ0n) is 10.0. The minimum absolute atomic E-state index is 0.140. The van der Waals surface area contributed by atoms with Crippen molar-refractivity contribution in [2.24, 2.45) is 0 Å². The fraction of sp³-hybridized carbons (Fsp3) is 0.636. The Balaban J connectivity index is 2.94. The van der Waals surface area contributed by atoms with E-state index in [1.807, 2.05) is 37.6 Å². The van der Waals surface area contributed by atoms with Gasteiger partial charge >= 0.3 is 7.60 Å². The molecule has 0 aliphatic carbocycles. The maximum atomic E-state index is 12.6. The summed E-state index contributed by atoms with van der Waals surface area (Å²) in [4.78, 5) is 0. The molecule has 0 N–H and O–H groups in total. The second-order valence-corrected chi connectivity index (χ2v) is 6.36. The van der Waals surface area contributed by atoms with Crippen LogP contribution in [0.1, 0.15) is 38.4 Å². The first-order valence-electron chi connectivity index (χ1n) is 5.58. The highest BCUT2D eigenvalue weighted by atomic mass is 32.1. The molecule has 0 radical (unpaired) electrons. The predicted molar refractivity (Wildman–Crippen MR) is 68.2 cm³/mol. The quantitative estimate of drug-likeness (QED) is 0.680. The van der Waals surface area contributed by atoms with E-state index < -0.39 is 7.60 Å². The highest BCUT2D eigenvalue weighted by Crippen LogP contribution is 2.62. The van der Waals surface area contributed by atoms with Gasteiger partial charge in [0.25, 0.3) is 0 Å². The van der Waals surface area contributed by atoms with E-state index in [0.29, 0.717) is 13.2 Å². The van der Waals surface area contributed by atoms with Crippen molar-refractivity contribution in [2.75, 3.05) is 13.2 Å². The molecule has 1 heterocycles. The Morgan fingerprint density at radius 2 is 1.94 bits per heavy atom. The monoisotopic (exact) mass is 262 g/mol. The van der Waals surface area contributed by atoms with E-state index in [-0.39, 0.29) is 5.66 Å². The van der Waals surface area contributed by atoms with E-state index in [0.717, 1.165) is 12.0 Å². The zero-order chi connectivity index (χ0) is 12.0. The van der Waals surface area contributed by atoms with E-state index in [1.54, 1.807) is 11.3 Å². The van der Waals surface area contributed by atoms with E-state index in [1.165, 1.54) is 0 Å². The van der Waals surface area contributed by atoms with Gasteiger partial charge in [-0.1, -0.05) is 6.92 Å². The smallest absolute Gasteiger partial charge is 0.308 e. The van der Waals surface area contributed by atoms with Gasteiger partial charge in [0, 0.05) is 0 Å². The number of thiophene rings is 1. The minimum atomic E-state index is -3.01. The van der Waals surface area contributed by atoms with Crippen LogP contribution in [0.5, 0.6) is 0 Å². The molecule has 0 saturated heterocycles. The summed E-state index contributed by atoms with van der Waals surface area (Å²) < 4.78 is 23.4. The Morgan fingerprint density at radius 1 is 1.31 bits per heavy atom. The lowest BCUT2D eigenvalue weighted by Gasteiger charge is -2.24. The van der Waals surface area contributed by atoms with E-state index >= 15 is 0 Å². The van der Waals surface area contributed by atoms with Crippen LogP contribution in [0.3, 0.4) is 0 Å². The molecule has 0 aliphatic heterocycles. The van der Waals surface area contributed by atoms with E-state index in [2.05, 4.69) is 0 Å². The van der Waals surface area contributed by atoms with Crippen molar-refractivity contribution >= 4 is 18.9 Å². The van der Waals surface area contributed by atoms with Crippen LogP contribution in [0, 0.1) is 0 Å². The lowest BCUT2D eigenvalue weighted by Crippen LogP contribution is -2.05. The molecule has 0 bridgehead atoms. The molecule has 16 heavy (non-hydrogen) atoms. The van der Waals surface area contributed by atoms with Crippen molar-refractivity contribution in [3.05, 3.63) is 22.4 Å². The summed E-state index contributed by atoms with van der Waals surface area (Å²) in [7, 11) is -3.01. The predicted octanol–water partition coefficient (Wildman–Crippen LogP) is 4.47. The average molecular weight is 262 g/mol. The van der Waals surface area contributed by atoms with Crippen molar-refractivity contribution < 1.29 is 13.6 Å². The highest BCUT2D eigenvalue weighted by Gasteiger charge is 2.35. The minimum Gasteiger partial charge on any atom is -0.308 e. The molecule has 0 fully saturated rings. The lowest BCUT2D eigenvalue weighted by molar-refractivity contribution is 0.211. The Bertz CT molecular complexity index is 327. The third-order valence-corrected chi connectivity index (χ3v) is 5.68. The topological polar surface area (TPSA) is 35.5 Å². The second-order valence-electron chi connectivity index (χ2n) is 3.36. The molecule has 5 heteroatoms. The van der Waals surface area contributed by atoms with E-state index in [9.17, 15) is 4.57 Å². The molecule has 1 rings (SSSR count). The summed E-state index contributed by atoms with van der Waals surface area (Å²) in [6.45, 7) is 6.51. The maximum Gasteiger partial charge on any atom is 0.338 e. The molecule has 92 valence electrons. The van der Waals surface area contributed by atoms with Crippen LogP contribution in [0.25, 0.3) is 0 Å². The Kier molecular flexibility index (Phi) is 5.70. The van der Waals surface area contributed by atoms with Gasteiger partial charge in [-0.05, 0) is 42.7 Å². The van der Waals surface area contributed by atoms with Crippen LogP contribution in [-0.4, -0.2) is 13.2 Å². The molecule has 0 spiro atoms. The molecule has 1 aromatic heterocycles. The summed E-state index contributed by atoms with van der Waals surface area (Å²) in [5.74, 6) is 0. The van der Waals surface area contributed by atoms with Crippen LogP contribution in [-0.2, 0) is 13.6 Å². The molecule has 0 saturated carbocycles. The lowest BCUT2D eigenvalue weighted by atomic mass is 10.2. The molecule has 0 aromatic carbocycles. The number of hydrogen-bond donors (Lipinski definition) is 0. The van der Waals surface area contributed by atoms with Gasteiger partial charge in [-0.15, -0.1) is 0 Å². The fourth-order valence-electron chi connectivity index (χ4n) is 1.68. The van der Waals surface area contributed by atoms with Crippen molar-refractivity contribution in [3.63, 3.8) is 0 Å². The summed E-state index contributed by atoms with van der Waals surface area (Å²) >= 11 is 1.60. The standard InChI is InChI=1S/C11H19O3PS/c1-4-11(10-7-8-16-9-10)15(12,13-5-2)14-6-3/h7-9,11H,4-6H2,1-3H3/t11-/m1/s1. The molecule has 0 unspecified atom stereocenters. The van der Waals surface area contributed by atoms with Crippen LogP contribution in [0.2, 0.25) is 0 Å². The van der Waals surface area contributed by atoms with Gasteiger partial charge in [-0.3, -0.25) is 4.57 Å². The van der Waals surface area contributed by atoms with Gasteiger partial charge in [0.15, 0.2) is 0 Å². The maximum absolute atomic E-state index is 12.6. The van der Waals surface area contributed by atoms with Crippen LogP contribution >= 0.6 is 18.9 Å². The first-order chi connectivity index (χ1) is 7.68. The van der Waals surface area contributed by atoms with Gasteiger partial charge < -0.3 is 9.05 Å². The average Bonchev–Trinajstić information content (AvgIpc) is 2.72. The fourth-order valence-corrected chi connectivity index (χ4v) is 4.63. The third-order valence-electron chi connectivity index (χ3n) is 2.31. The van der Waals surface area contributed by atoms with Gasteiger partial charge in [-0.25, -0.2) is 0 Å². The number of hydrogen-bond acceptors (Lipinski definition) is 4. The van der Waals surface area contributed by atoms with Crippen molar-refractivity contribution in [3.8, 4) is 0 Å². The van der Waals surface area contributed by atoms with Gasteiger partial charge in [0.2, 0.25) is 0 Å². The SMILES string of the molecule is CCOP(=O)(OCC)[C@H](CC)c1ccsc1. The van der Waals surface area contributed by atoms with Crippen molar-refractivity contribution in [1.82, 2.24) is 0 Å². The molecule has 0 aliphatic rings. The Hall–Kier alpha value is -0.150. The van der Waals surface area contributed by atoms with Gasteiger partial charge in [-0.2, -0.15) is 11.3 Å². The molecule has 1 atom stereocenters. The van der Waals surface area contributed by atoms with Crippen molar-refractivity contribution in [1.29, 1.82) is 0 Å². The summed E-state index contributed by atoms with van der Waals surface area (Å²) in [5.41, 5.74) is 0.913. The summed E-state index contributed by atoms with van der Waals surface area (Å²) in [5, 5.41) is 4.00. The van der Waals surface area contributed by atoms with Crippen molar-refractivity contribution in [2.45, 2.75) is 32.9 Å². The molecule has 0 amide bonds. The Labute approximate surface area is 101 Å². The second kappa shape index (κ2) is 6.55. The molecule has 3 nitrogen and oxygen atoms in total. The van der Waals surface area contributed by atoms with Gasteiger partial charge in [0.05, 0.1) is 18.9 Å². The van der Waals surface area contributed by atoms with Gasteiger partial charge in [0.1, 0.15) is 0 Å². The van der Waals surface area contributed by atoms with Crippen LogP contribution in [0.15, 0.2) is 16.8 Å². The summed E-state index contributed by atoms with van der Waals surface area (Å²) in [6.07, 6.45) is 0.758. The molecule has 1 aromatic rings. The van der Waals surface area contributed by atoms with E-state index in [4.69, 9.17) is 9.05 Å². The molecular formula is C11H19O3PS. The Morgan fingerprint density at radius 3 is 2.31 bits per heavy atom. The first kappa shape index (κ1) is 13.9. The molecular weight excluding hydrogens is 243 g/mol. The largest absolute Gasteiger partial charge is 0.338 e. The first-order valence-corrected chi connectivity index (χ1v) is 8.14. The highest BCUT2D eigenvalue weighted by molar-refractivity contribution is 7.54. The number of rotatable bonds is 7. The van der Waals surface area contributed by atoms with Crippen LogP contribution < -0.4 is 0 Å². The summed E-state index contributed by atoms with van der Waals surface area (Å²) in [6, 6.07) is 1.99. The zero-order valence-corrected chi connectivity index (χ0v) is 11.7. The third kappa shape index (κ3) is 3.17. The van der Waals surface area contributed by atoms with Crippen LogP contribution in [0.4, 0.5) is 0 Å².